The van der Waals surface area contributed by atoms with Crippen LogP contribution in [0.4, 0.5) is 0 Å². The highest BCUT2D eigenvalue weighted by molar-refractivity contribution is 9.10. The van der Waals surface area contributed by atoms with Crippen LogP contribution in [0.15, 0.2) is 429 Å². The molecular weight excluding hydrogens is 1760 g/mol. The van der Waals surface area contributed by atoms with Gasteiger partial charge in [-0.25, -0.2) is 19.9 Å². The number of rotatable bonds is 9. The third-order valence-corrected chi connectivity index (χ3v) is 29.3. The lowest BCUT2D eigenvalue weighted by atomic mass is 9.80. The van der Waals surface area contributed by atoms with Crippen molar-refractivity contribution in [2.75, 3.05) is 0 Å². The first-order valence-electron chi connectivity index (χ1n) is 46.7. The summed E-state index contributed by atoms with van der Waals surface area (Å²) in [5.74, 6) is 0.706. The topological polar surface area (TPSA) is 107 Å². The standard InChI is InChI=1S/C47H33N3.C31H24BNO2.C31H22BrN.C16H11ClN2/c1-47(2)39-25-24-30-14-9-10-21-35(30)45(39)38-27-37-36-22-11-12-23-43(36)50(44(37)28-40(38)47)34-20-13-19-33(26-34)46-48-41(31-15-5-3-6-16-31)29-42(49-46)32-17-7-4-8-18-32;1-31(2)26-15-14-19-8-3-4-11-22(19)30(26)25-17-24-23-12-5-6-13-28(23)33(29(24)18-27(25)31)21-10-7-9-20(16-21)32(34)35;1-31(2)26-15-14-19-8-3-4-11-22(19)30(26)25-17-24-23-12-5-6-13-28(23)33(29(24)18-27(25)31)21-10-7-9-20(32)16-21;17-16-18-14(12-7-3-1-4-8-12)11-15(19-16)13-9-5-2-6-10-13/h3-29H,1-2H3;3-18,34-35H,1-2H3;3-18H,1-2H3;1-11H. The van der Waals surface area contributed by atoms with E-state index in [-0.39, 0.29) is 21.5 Å². The van der Waals surface area contributed by atoms with E-state index in [1.807, 2.05) is 97.1 Å². The summed E-state index contributed by atoms with van der Waals surface area (Å²) in [7, 11) is -1.51. The fraction of sp³-hybridized carbons (Fsp3) is 0.0720. The first-order chi connectivity index (χ1) is 66.9. The van der Waals surface area contributed by atoms with E-state index in [0.717, 1.165) is 77.5 Å². The zero-order valence-corrected chi connectivity index (χ0v) is 78.6. The van der Waals surface area contributed by atoms with Gasteiger partial charge in [-0.3, -0.25) is 0 Å². The molecule has 0 amide bonds. The van der Waals surface area contributed by atoms with Crippen molar-refractivity contribution >= 4 is 138 Å². The first kappa shape index (κ1) is 84.3. The summed E-state index contributed by atoms with van der Waals surface area (Å²) in [6.07, 6.45) is 0. The molecule has 0 aliphatic heterocycles. The molecule has 0 fully saturated rings. The van der Waals surface area contributed by atoms with Gasteiger partial charge >= 0.3 is 7.12 Å². The lowest BCUT2D eigenvalue weighted by molar-refractivity contribution is 0.425. The molecule has 27 rings (SSSR count). The van der Waals surface area contributed by atoms with Crippen LogP contribution in [0.5, 0.6) is 0 Å². The number of benzene rings is 19. The summed E-state index contributed by atoms with van der Waals surface area (Å²) in [6, 6.07) is 150. The SMILES string of the molecule is CC1(C)c2cc3c(cc2-c2c1ccc1ccccc21)c1ccccc1n3-c1cccc(-c2nc(-c3ccccc3)cc(-c3ccccc3)n2)c1.CC1(C)c2cc3c(cc2-c2c1ccc1ccccc21)c1ccccc1n3-c1cccc(B(O)O)c1.CC1(C)c2cc3c(cc2-c2c1ccc1ccccc21)c1ccccc1n3-c1cccc(Br)c1.Clc1nc(-c2ccccc2)cc(-c2ccccc2)n1. The van der Waals surface area contributed by atoms with Crippen LogP contribution in [0.25, 0.3) is 205 Å². The predicted molar refractivity (Wildman–Crippen MR) is 575 cm³/mol. The average Bonchev–Trinajstić information content (AvgIpc) is 1.55. The normalized spacial score (nSPS) is 13.2. The van der Waals surface area contributed by atoms with Crippen LogP contribution in [0.1, 0.15) is 74.9 Å². The van der Waals surface area contributed by atoms with Crippen molar-refractivity contribution in [1.29, 1.82) is 0 Å². The first-order valence-corrected chi connectivity index (χ1v) is 47.8. The number of nitrogens with zero attached hydrogens (tertiary/aromatic N) is 7. The maximum atomic E-state index is 9.80. The minimum Gasteiger partial charge on any atom is -0.423 e. The van der Waals surface area contributed by atoms with Crippen LogP contribution in [0.3, 0.4) is 0 Å². The van der Waals surface area contributed by atoms with Crippen LogP contribution in [0, 0.1) is 0 Å². The third-order valence-electron chi connectivity index (χ3n) is 28.6. The second-order valence-electron chi connectivity index (χ2n) is 37.6. The highest BCUT2D eigenvalue weighted by atomic mass is 79.9. The van der Waals surface area contributed by atoms with Crippen LogP contribution in [0.2, 0.25) is 5.28 Å². The van der Waals surface area contributed by atoms with Crippen molar-refractivity contribution in [3.8, 4) is 107 Å². The van der Waals surface area contributed by atoms with E-state index in [0.29, 0.717) is 11.3 Å². The summed E-state index contributed by atoms with van der Waals surface area (Å²) >= 11 is 9.70. The van der Waals surface area contributed by atoms with E-state index in [9.17, 15) is 10.0 Å². The minimum absolute atomic E-state index is 0.0541. The Kier molecular flexibility index (Phi) is 20.6. The molecule has 137 heavy (non-hydrogen) atoms. The molecule has 5 heterocycles. The number of hydrogen-bond acceptors (Lipinski definition) is 6. The Balaban J connectivity index is 0.000000105. The summed E-state index contributed by atoms with van der Waals surface area (Å²) in [5.41, 5.74) is 35.5. The highest BCUT2D eigenvalue weighted by Gasteiger charge is 2.41. The Morgan fingerprint density at radius 2 is 0.547 bits per heavy atom. The summed E-state index contributed by atoms with van der Waals surface area (Å²) in [4.78, 5) is 18.8. The molecule has 3 aliphatic carbocycles. The van der Waals surface area contributed by atoms with E-state index in [1.54, 1.807) is 6.07 Å². The Hall–Kier alpha value is -15.7. The minimum atomic E-state index is -1.51. The average molecular weight is 1850 g/mol. The smallest absolute Gasteiger partial charge is 0.423 e. The molecule has 0 saturated carbocycles. The lowest BCUT2D eigenvalue weighted by Crippen LogP contribution is -2.29. The van der Waals surface area contributed by atoms with E-state index in [2.05, 4.69) is 403 Å². The van der Waals surface area contributed by atoms with Gasteiger partial charge in [-0.15, -0.1) is 0 Å². The molecule has 3 aliphatic rings. The largest absolute Gasteiger partial charge is 0.488 e. The van der Waals surface area contributed by atoms with Crippen molar-refractivity contribution in [3.63, 3.8) is 0 Å². The Bertz CT molecular complexity index is 8900. The quantitative estimate of drug-likeness (QED) is 0.110. The lowest BCUT2D eigenvalue weighted by Gasteiger charge is -2.22. The molecule has 0 unspecified atom stereocenters. The molecule has 24 aromatic rings. The van der Waals surface area contributed by atoms with Crippen LogP contribution >= 0.6 is 27.5 Å². The number of fused-ring (bicyclic) bond motifs is 24. The molecule has 19 aromatic carbocycles. The van der Waals surface area contributed by atoms with Gasteiger partial charge in [-0.1, -0.05) is 373 Å². The van der Waals surface area contributed by atoms with Crippen molar-refractivity contribution in [1.82, 2.24) is 33.6 Å². The summed E-state index contributed by atoms with van der Waals surface area (Å²) < 4.78 is 8.16. The molecule has 0 atom stereocenters. The second kappa shape index (κ2) is 33.4. The van der Waals surface area contributed by atoms with Gasteiger partial charge in [-0.2, -0.15) is 0 Å². The molecule has 0 radical (unpaired) electrons. The molecule has 654 valence electrons. The summed E-state index contributed by atoms with van der Waals surface area (Å²) in [5, 5.41) is 35.2. The van der Waals surface area contributed by atoms with Crippen LogP contribution < -0.4 is 5.46 Å². The monoisotopic (exact) mass is 1850 g/mol. The second-order valence-corrected chi connectivity index (χ2v) is 38.9. The van der Waals surface area contributed by atoms with Crippen molar-refractivity contribution in [3.05, 3.63) is 468 Å². The molecule has 5 aromatic heterocycles. The zero-order valence-electron chi connectivity index (χ0n) is 76.3. The molecule has 0 saturated heterocycles. The van der Waals surface area contributed by atoms with Gasteiger partial charge in [0.2, 0.25) is 5.28 Å². The fourth-order valence-corrected chi connectivity index (χ4v) is 22.5. The van der Waals surface area contributed by atoms with Gasteiger partial charge in [0, 0.05) is 97.9 Å². The highest BCUT2D eigenvalue weighted by Crippen LogP contribution is 2.58. The Morgan fingerprint density at radius 1 is 0.248 bits per heavy atom. The fourth-order valence-electron chi connectivity index (χ4n) is 22.0. The molecule has 2 N–H and O–H groups in total. The number of halogens is 2. The van der Waals surface area contributed by atoms with Crippen molar-refractivity contribution < 1.29 is 10.0 Å². The van der Waals surface area contributed by atoms with Gasteiger partial charge in [0.15, 0.2) is 5.82 Å². The predicted octanol–water partition coefficient (Wildman–Crippen LogP) is 31.4. The zero-order chi connectivity index (χ0) is 92.7. The Labute approximate surface area is 807 Å². The summed E-state index contributed by atoms with van der Waals surface area (Å²) in [6.45, 7) is 14.1. The van der Waals surface area contributed by atoms with Gasteiger partial charge in [0.25, 0.3) is 0 Å². The van der Waals surface area contributed by atoms with Crippen molar-refractivity contribution in [2.24, 2.45) is 0 Å². The van der Waals surface area contributed by atoms with Gasteiger partial charge in [-0.05, 0) is 225 Å². The molecule has 12 heteroatoms. The maximum Gasteiger partial charge on any atom is 0.488 e. The van der Waals surface area contributed by atoms with Gasteiger partial charge in [0.05, 0.1) is 55.9 Å². The van der Waals surface area contributed by atoms with E-state index in [4.69, 9.17) is 21.6 Å². The van der Waals surface area contributed by atoms with E-state index < -0.39 is 7.12 Å². The molecule has 9 nitrogen and oxygen atoms in total. The number of hydrogen-bond donors (Lipinski definition) is 2. The van der Waals surface area contributed by atoms with E-state index in [1.165, 1.54) is 159 Å². The van der Waals surface area contributed by atoms with E-state index >= 15 is 0 Å². The third kappa shape index (κ3) is 14.3. The van der Waals surface area contributed by atoms with Crippen molar-refractivity contribution in [2.45, 2.75) is 57.8 Å². The molecule has 0 bridgehead atoms. The van der Waals surface area contributed by atoms with Crippen LogP contribution in [-0.4, -0.2) is 50.8 Å². The van der Waals surface area contributed by atoms with Gasteiger partial charge in [0.1, 0.15) is 0 Å². The molecular formula is C125H90BBrClN7O2. The van der Waals surface area contributed by atoms with Gasteiger partial charge < -0.3 is 23.7 Å². The van der Waals surface area contributed by atoms with Crippen LogP contribution in [-0.2, 0) is 16.2 Å². The molecule has 0 spiro atoms. The number of aromatic nitrogens is 7. The maximum absolute atomic E-state index is 9.80. The Morgan fingerprint density at radius 3 is 0.905 bits per heavy atom. The number of para-hydroxylation sites is 3.